The molecule has 1 aliphatic rings. The van der Waals surface area contributed by atoms with Crippen LogP contribution in [0.3, 0.4) is 0 Å². The molecule has 3 N–H and O–H groups in total. The molecule has 0 bridgehead atoms. The fraction of sp³-hybridized carbons (Fsp3) is 0.440. The fourth-order valence-electron chi connectivity index (χ4n) is 4.58. The molecule has 11 heteroatoms. The van der Waals surface area contributed by atoms with Crippen molar-refractivity contribution in [3.8, 4) is 10.4 Å². The van der Waals surface area contributed by atoms with E-state index in [4.69, 9.17) is 0 Å². The highest BCUT2D eigenvalue weighted by Crippen LogP contribution is 2.30. The van der Waals surface area contributed by atoms with Crippen LogP contribution in [-0.2, 0) is 16.2 Å². The third-order valence-electron chi connectivity index (χ3n) is 6.43. The Morgan fingerprint density at radius 3 is 2.58 bits per heavy atom. The van der Waals surface area contributed by atoms with E-state index < -0.39 is 18.2 Å². The monoisotopic (exact) mass is 623 g/mol. The summed E-state index contributed by atoms with van der Waals surface area (Å²) in [6.07, 6.45) is 2.94. The second-order valence-corrected chi connectivity index (χ2v) is 11.5. The molecule has 0 aliphatic carbocycles. The fourth-order valence-corrected chi connectivity index (χ4v) is 5.80. The molecule has 3 aromatic rings. The number of β-amino-alcohol motifs (C(OH)–C–C–N with tert-alkyl or cyclic N) is 1. The summed E-state index contributed by atoms with van der Waals surface area (Å²) in [5.41, 5.74) is 4.21. The van der Waals surface area contributed by atoms with Gasteiger partial charge in [0.25, 0.3) is 0 Å². The molecule has 0 saturated carbocycles. The van der Waals surface area contributed by atoms with Crippen molar-refractivity contribution >= 4 is 45.7 Å². The zero-order valence-corrected chi connectivity index (χ0v) is 23.3. The summed E-state index contributed by atoms with van der Waals surface area (Å²) in [6.45, 7) is 5.77. The Balaban J connectivity index is 1.47. The minimum absolute atomic E-state index is 0.0445. The summed E-state index contributed by atoms with van der Waals surface area (Å²) in [5.74, 6) is -0.557. The number of hydrogen-bond acceptors (Lipinski definition) is 7. The number of aliphatic hydroxyl groups excluding tert-OH is 2. The lowest BCUT2D eigenvalue weighted by Gasteiger charge is -2.30. The van der Waals surface area contributed by atoms with Crippen LogP contribution >= 0.6 is 33.9 Å². The predicted octanol–water partition coefficient (Wildman–Crippen LogP) is 3.14. The van der Waals surface area contributed by atoms with Crippen molar-refractivity contribution in [3.05, 3.63) is 57.0 Å². The van der Waals surface area contributed by atoms with Gasteiger partial charge in [0.05, 0.1) is 44.6 Å². The first kappa shape index (κ1) is 26.7. The molecule has 1 aromatic carbocycles. The molecule has 1 fully saturated rings. The number of nitrogens with one attached hydrogen (secondary N) is 1. The Labute approximate surface area is 227 Å². The van der Waals surface area contributed by atoms with E-state index in [-0.39, 0.29) is 43.3 Å². The molecule has 1 aliphatic heterocycles. The van der Waals surface area contributed by atoms with Crippen LogP contribution in [0.5, 0.6) is 0 Å². The van der Waals surface area contributed by atoms with Gasteiger partial charge in [-0.2, -0.15) is 5.10 Å². The van der Waals surface area contributed by atoms with E-state index in [1.165, 1.54) is 16.2 Å². The van der Waals surface area contributed by atoms with Crippen LogP contribution in [0.1, 0.15) is 50.5 Å². The van der Waals surface area contributed by atoms with Crippen molar-refractivity contribution in [1.29, 1.82) is 0 Å². The number of likely N-dealkylation sites (tertiary alicyclic amines) is 1. The van der Waals surface area contributed by atoms with Gasteiger partial charge in [0.1, 0.15) is 12.1 Å². The molecular weight excluding hydrogens is 593 g/mol. The quantitative estimate of drug-likeness (QED) is 0.332. The first-order chi connectivity index (χ1) is 17.2. The number of carbonyl (C=O) groups is 2. The molecule has 0 spiro atoms. The van der Waals surface area contributed by atoms with Crippen molar-refractivity contribution in [2.24, 2.45) is 5.92 Å². The normalized spacial score (nSPS) is 19.5. The molecular formula is C25H30IN5O4S. The lowest BCUT2D eigenvalue weighted by atomic mass is 10.0. The standard InChI is InChI=1S/C25H30IN5O4S/c1-14(2)22(31-10-18(26)9-28-31)25(35)30-11-19(33)8-21(30)24(34)29-15(3)16-4-6-17(7-5-16)23-20(12-32)27-13-36-23/h4-7,9-10,13-15,19,21-22,32-33H,8,11-12H2,1-3H3,(H,29,34). The largest absolute Gasteiger partial charge is 0.391 e. The van der Waals surface area contributed by atoms with Gasteiger partial charge < -0.3 is 20.4 Å². The maximum absolute atomic E-state index is 13.6. The van der Waals surface area contributed by atoms with E-state index in [0.717, 1.165) is 19.6 Å². The van der Waals surface area contributed by atoms with E-state index in [9.17, 15) is 19.8 Å². The summed E-state index contributed by atoms with van der Waals surface area (Å²) in [4.78, 5) is 33.4. The van der Waals surface area contributed by atoms with E-state index >= 15 is 0 Å². The van der Waals surface area contributed by atoms with Gasteiger partial charge >= 0.3 is 0 Å². The number of aliphatic hydroxyl groups is 2. The third-order valence-corrected chi connectivity index (χ3v) is 7.90. The van der Waals surface area contributed by atoms with Crippen molar-refractivity contribution in [1.82, 2.24) is 25.0 Å². The Morgan fingerprint density at radius 2 is 1.97 bits per heavy atom. The molecule has 4 rings (SSSR count). The van der Waals surface area contributed by atoms with E-state index in [2.05, 4.69) is 38.0 Å². The average Bonchev–Trinajstić information content (AvgIpc) is 3.58. The van der Waals surface area contributed by atoms with Gasteiger partial charge in [-0.1, -0.05) is 38.1 Å². The molecule has 2 amide bonds. The van der Waals surface area contributed by atoms with Crippen LogP contribution in [0.2, 0.25) is 0 Å². The molecule has 192 valence electrons. The van der Waals surface area contributed by atoms with Gasteiger partial charge in [-0.05, 0) is 46.6 Å². The van der Waals surface area contributed by atoms with Crippen LogP contribution in [-0.4, -0.2) is 60.4 Å². The minimum atomic E-state index is -0.759. The van der Waals surface area contributed by atoms with Gasteiger partial charge in [-0.3, -0.25) is 14.3 Å². The van der Waals surface area contributed by atoms with E-state index in [0.29, 0.717) is 5.69 Å². The summed E-state index contributed by atoms with van der Waals surface area (Å²) in [7, 11) is 0. The number of carbonyl (C=O) groups excluding carboxylic acids is 2. The third kappa shape index (κ3) is 5.63. The van der Waals surface area contributed by atoms with Crippen molar-refractivity contribution in [2.75, 3.05) is 6.54 Å². The first-order valence-corrected chi connectivity index (χ1v) is 13.8. The molecule has 3 heterocycles. The summed E-state index contributed by atoms with van der Waals surface area (Å²) >= 11 is 3.62. The summed E-state index contributed by atoms with van der Waals surface area (Å²) in [5, 5.41) is 27.2. The number of benzene rings is 1. The highest BCUT2D eigenvalue weighted by molar-refractivity contribution is 14.1. The lowest BCUT2D eigenvalue weighted by molar-refractivity contribution is -0.142. The molecule has 36 heavy (non-hydrogen) atoms. The van der Waals surface area contributed by atoms with Gasteiger partial charge in [-0.15, -0.1) is 11.3 Å². The molecule has 9 nitrogen and oxygen atoms in total. The molecule has 4 unspecified atom stereocenters. The lowest BCUT2D eigenvalue weighted by Crippen LogP contribution is -2.49. The smallest absolute Gasteiger partial charge is 0.248 e. The Bertz CT molecular complexity index is 1210. The second-order valence-electron chi connectivity index (χ2n) is 9.36. The average molecular weight is 624 g/mol. The van der Waals surface area contributed by atoms with Gasteiger partial charge in [0.15, 0.2) is 0 Å². The van der Waals surface area contributed by atoms with E-state index in [1.54, 1.807) is 16.4 Å². The van der Waals surface area contributed by atoms with Gasteiger partial charge in [-0.25, -0.2) is 4.98 Å². The number of thiazole rings is 1. The number of nitrogens with zero attached hydrogens (tertiary/aromatic N) is 4. The first-order valence-electron chi connectivity index (χ1n) is 11.8. The van der Waals surface area contributed by atoms with Crippen LogP contribution in [0.4, 0.5) is 0 Å². The zero-order valence-electron chi connectivity index (χ0n) is 20.3. The Kier molecular flexibility index (Phi) is 8.43. The SMILES string of the molecule is CC(NC(=O)C1CC(O)CN1C(=O)C(C(C)C)n1cc(I)cn1)c1ccc(-c2scnc2CO)cc1. The van der Waals surface area contributed by atoms with Crippen molar-refractivity contribution in [3.63, 3.8) is 0 Å². The van der Waals surface area contributed by atoms with Crippen LogP contribution in [0.25, 0.3) is 10.4 Å². The van der Waals surface area contributed by atoms with Crippen molar-refractivity contribution < 1.29 is 19.8 Å². The predicted molar refractivity (Wildman–Crippen MR) is 145 cm³/mol. The van der Waals surface area contributed by atoms with Crippen LogP contribution < -0.4 is 5.32 Å². The summed E-state index contributed by atoms with van der Waals surface area (Å²) < 4.78 is 2.56. The zero-order chi connectivity index (χ0) is 26.0. The number of rotatable bonds is 8. The van der Waals surface area contributed by atoms with Gasteiger partial charge in [0, 0.05) is 19.2 Å². The highest BCUT2D eigenvalue weighted by atomic mass is 127. The Hall–Kier alpha value is -2.35. The highest BCUT2D eigenvalue weighted by Gasteiger charge is 2.42. The van der Waals surface area contributed by atoms with Gasteiger partial charge in [0.2, 0.25) is 11.8 Å². The maximum Gasteiger partial charge on any atom is 0.248 e. The van der Waals surface area contributed by atoms with E-state index in [1.807, 2.05) is 51.2 Å². The number of aromatic nitrogens is 3. The topological polar surface area (TPSA) is 121 Å². The van der Waals surface area contributed by atoms with Crippen LogP contribution in [0.15, 0.2) is 42.2 Å². The molecule has 4 atom stereocenters. The van der Waals surface area contributed by atoms with Crippen LogP contribution in [0, 0.1) is 9.49 Å². The molecule has 1 saturated heterocycles. The maximum atomic E-state index is 13.6. The minimum Gasteiger partial charge on any atom is -0.391 e. The molecule has 2 aromatic heterocycles. The number of halogens is 1. The Morgan fingerprint density at radius 1 is 1.25 bits per heavy atom. The number of amides is 2. The van der Waals surface area contributed by atoms with Crippen molar-refractivity contribution in [2.45, 2.75) is 58.0 Å². The second kappa shape index (κ2) is 11.4. The molecule has 0 radical (unpaired) electrons. The number of hydrogen-bond donors (Lipinski definition) is 3. The summed E-state index contributed by atoms with van der Waals surface area (Å²) in [6, 6.07) is 6.14.